The first-order valence-corrected chi connectivity index (χ1v) is 10.4. The third kappa shape index (κ3) is 3.71. The molecule has 2 aliphatic rings. The van der Waals surface area contributed by atoms with E-state index in [-0.39, 0.29) is 41.2 Å². The van der Waals surface area contributed by atoms with E-state index in [4.69, 9.17) is 0 Å². The summed E-state index contributed by atoms with van der Waals surface area (Å²) in [5.74, 6) is -0.758. The maximum atomic E-state index is 12.5. The van der Waals surface area contributed by atoms with Crippen LogP contribution >= 0.6 is 0 Å². The van der Waals surface area contributed by atoms with Crippen molar-refractivity contribution in [3.8, 4) is 0 Å². The van der Waals surface area contributed by atoms with Crippen molar-refractivity contribution in [2.45, 2.75) is 32.7 Å². The number of nitrogens with zero attached hydrogens (tertiary/aromatic N) is 1. The SMILES string of the molecule is Cc1cccc(NC(=O)C2CC2C(=O)N(C)C2CCS(=O)(=O)C2)c1C. The monoisotopic (exact) mass is 364 g/mol. The minimum absolute atomic E-state index is 0.0291. The van der Waals surface area contributed by atoms with Gasteiger partial charge in [0.2, 0.25) is 11.8 Å². The summed E-state index contributed by atoms with van der Waals surface area (Å²) in [6.45, 7) is 3.94. The zero-order valence-corrected chi connectivity index (χ0v) is 15.6. The van der Waals surface area contributed by atoms with Crippen LogP contribution in [0.4, 0.5) is 5.69 Å². The molecule has 0 radical (unpaired) electrons. The second-order valence-corrected chi connectivity index (χ2v) is 9.42. The fourth-order valence-corrected chi connectivity index (χ4v) is 5.17. The molecule has 2 fully saturated rings. The normalized spacial score (nSPS) is 26.9. The van der Waals surface area contributed by atoms with E-state index in [1.807, 2.05) is 32.0 Å². The highest BCUT2D eigenvalue weighted by molar-refractivity contribution is 7.91. The molecule has 1 aromatic carbocycles. The van der Waals surface area contributed by atoms with Crippen molar-refractivity contribution in [3.05, 3.63) is 29.3 Å². The molecule has 0 aromatic heterocycles. The van der Waals surface area contributed by atoms with E-state index in [0.717, 1.165) is 16.8 Å². The number of anilines is 1. The molecular formula is C18H24N2O4S. The summed E-state index contributed by atoms with van der Waals surface area (Å²) < 4.78 is 23.2. The highest BCUT2D eigenvalue weighted by atomic mass is 32.2. The zero-order chi connectivity index (χ0) is 18.4. The van der Waals surface area contributed by atoms with Gasteiger partial charge < -0.3 is 10.2 Å². The van der Waals surface area contributed by atoms with Crippen LogP contribution in [0, 0.1) is 25.7 Å². The number of amides is 2. The molecule has 7 heteroatoms. The lowest BCUT2D eigenvalue weighted by atomic mass is 10.1. The summed E-state index contributed by atoms with van der Waals surface area (Å²) in [5.41, 5.74) is 2.90. The Bertz CT molecular complexity index is 818. The van der Waals surface area contributed by atoms with Gasteiger partial charge in [-0.2, -0.15) is 0 Å². The number of rotatable bonds is 4. The highest BCUT2D eigenvalue weighted by Crippen LogP contribution is 2.41. The Morgan fingerprint density at radius 2 is 1.92 bits per heavy atom. The van der Waals surface area contributed by atoms with Gasteiger partial charge in [0.25, 0.3) is 0 Å². The molecule has 136 valence electrons. The molecule has 1 aliphatic heterocycles. The Morgan fingerprint density at radius 1 is 1.20 bits per heavy atom. The summed E-state index contributed by atoms with van der Waals surface area (Å²) in [7, 11) is -1.39. The quantitative estimate of drug-likeness (QED) is 0.878. The molecule has 1 heterocycles. The zero-order valence-electron chi connectivity index (χ0n) is 14.8. The molecule has 0 spiro atoms. The van der Waals surface area contributed by atoms with Crippen molar-refractivity contribution in [1.29, 1.82) is 0 Å². The van der Waals surface area contributed by atoms with Gasteiger partial charge >= 0.3 is 0 Å². The lowest BCUT2D eigenvalue weighted by Crippen LogP contribution is -2.39. The predicted molar refractivity (Wildman–Crippen MR) is 96.0 cm³/mol. The van der Waals surface area contributed by atoms with Crippen LogP contribution in [-0.4, -0.2) is 49.7 Å². The summed E-state index contributed by atoms with van der Waals surface area (Å²) in [6, 6.07) is 5.47. The number of carbonyl (C=O) groups is 2. The molecule has 2 amide bonds. The maximum Gasteiger partial charge on any atom is 0.228 e. The number of aryl methyl sites for hydroxylation is 1. The van der Waals surface area contributed by atoms with Gasteiger partial charge in [0.1, 0.15) is 0 Å². The first-order valence-electron chi connectivity index (χ1n) is 8.54. The number of carbonyl (C=O) groups excluding carboxylic acids is 2. The first kappa shape index (κ1) is 17.9. The number of hydrogen-bond acceptors (Lipinski definition) is 4. The molecule has 1 N–H and O–H groups in total. The number of benzene rings is 1. The molecular weight excluding hydrogens is 340 g/mol. The molecule has 3 unspecified atom stereocenters. The van der Waals surface area contributed by atoms with Gasteiger partial charge in [-0.25, -0.2) is 8.42 Å². The van der Waals surface area contributed by atoms with Gasteiger partial charge in [-0.1, -0.05) is 12.1 Å². The van der Waals surface area contributed by atoms with Crippen molar-refractivity contribution in [2.75, 3.05) is 23.9 Å². The van der Waals surface area contributed by atoms with E-state index in [1.165, 1.54) is 4.90 Å². The van der Waals surface area contributed by atoms with E-state index in [1.54, 1.807) is 7.05 Å². The Morgan fingerprint density at radius 3 is 2.56 bits per heavy atom. The maximum absolute atomic E-state index is 12.5. The summed E-state index contributed by atoms with van der Waals surface area (Å²) in [6.07, 6.45) is 1.01. The number of nitrogens with one attached hydrogen (secondary N) is 1. The van der Waals surface area contributed by atoms with E-state index in [2.05, 4.69) is 5.32 Å². The summed E-state index contributed by atoms with van der Waals surface area (Å²) in [4.78, 5) is 26.5. The van der Waals surface area contributed by atoms with Gasteiger partial charge in [-0.15, -0.1) is 0 Å². The van der Waals surface area contributed by atoms with Gasteiger partial charge in [0.05, 0.1) is 23.3 Å². The molecule has 3 atom stereocenters. The lowest BCUT2D eigenvalue weighted by Gasteiger charge is -2.23. The highest BCUT2D eigenvalue weighted by Gasteiger charge is 2.50. The molecule has 6 nitrogen and oxygen atoms in total. The second kappa shape index (κ2) is 6.44. The van der Waals surface area contributed by atoms with Gasteiger partial charge in [-0.3, -0.25) is 9.59 Å². The molecule has 3 rings (SSSR count). The molecule has 1 saturated heterocycles. The van der Waals surface area contributed by atoms with Crippen LogP contribution < -0.4 is 5.32 Å². The van der Waals surface area contributed by atoms with E-state index in [9.17, 15) is 18.0 Å². The van der Waals surface area contributed by atoms with Crippen molar-refractivity contribution < 1.29 is 18.0 Å². The minimum atomic E-state index is -3.03. The van der Waals surface area contributed by atoms with Crippen LogP contribution in [0.3, 0.4) is 0 Å². The standard InChI is InChI=1S/C18H24N2O4S/c1-11-5-4-6-16(12(11)2)19-17(21)14-9-15(14)18(22)20(3)13-7-8-25(23,24)10-13/h4-6,13-15H,7-10H2,1-3H3,(H,19,21). The topological polar surface area (TPSA) is 83.6 Å². The van der Waals surface area contributed by atoms with Crippen LogP contribution in [0.15, 0.2) is 18.2 Å². The fraction of sp³-hybridized carbons (Fsp3) is 0.556. The van der Waals surface area contributed by atoms with Crippen LogP contribution in [0.2, 0.25) is 0 Å². The van der Waals surface area contributed by atoms with E-state index in [0.29, 0.717) is 12.8 Å². The van der Waals surface area contributed by atoms with E-state index >= 15 is 0 Å². The van der Waals surface area contributed by atoms with Crippen molar-refractivity contribution in [3.63, 3.8) is 0 Å². The number of hydrogen-bond donors (Lipinski definition) is 1. The van der Waals surface area contributed by atoms with Crippen LogP contribution in [0.5, 0.6) is 0 Å². The molecule has 1 aliphatic carbocycles. The molecule has 1 saturated carbocycles. The van der Waals surface area contributed by atoms with Gasteiger partial charge in [-0.05, 0) is 43.9 Å². The first-order chi connectivity index (χ1) is 11.7. The molecule has 25 heavy (non-hydrogen) atoms. The van der Waals surface area contributed by atoms with Crippen molar-refractivity contribution >= 4 is 27.3 Å². The van der Waals surface area contributed by atoms with Crippen molar-refractivity contribution in [2.24, 2.45) is 11.8 Å². The predicted octanol–water partition coefficient (Wildman–Crippen LogP) is 1.52. The third-order valence-electron chi connectivity index (χ3n) is 5.41. The number of sulfone groups is 1. The average molecular weight is 364 g/mol. The second-order valence-electron chi connectivity index (χ2n) is 7.19. The van der Waals surface area contributed by atoms with Gasteiger partial charge in [0.15, 0.2) is 9.84 Å². The fourth-order valence-electron chi connectivity index (χ4n) is 3.39. The summed E-state index contributed by atoms with van der Waals surface area (Å²) in [5, 5.41) is 2.91. The van der Waals surface area contributed by atoms with Crippen LogP contribution in [0.1, 0.15) is 24.0 Å². The molecule has 0 bridgehead atoms. The molecule has 1 aromatic rings. The Balaban J connectivity index is 1.59. The van der Waals surface area contributed by atoms with Crippen LogP contribution in [-0.2, 0) is 19.4 Å². The summed E-state index contributed by atoms with van der Waals surface area (Å²) >= 11 is 0. The Hall–Kier alpha value is -1.89. The Labute approximate surface area is 148 Å². The average Bonchev–Trinajstić information content (AvgIpc) is 3.27. The van der Waals surface area contributed by atoms with Gasteiger partial charge in [0, 0.05) is 18.8 Å². The van der Waals surface area contributed by atoms with Crippen LogP contribution in [0.25, 0.3) is 0 Å². The third-order valence-corrected chi connectivity index (χ3v) is 7.16. The smallest absolute Gasteiger partial charge is 0.228 e. The van der Waals surface area contributed by atoms with Crippen molar-refractivity contribution in [1.82, 2.24) is 4.90 Å². The largest absolute Gasteiger partial charge is 0.341 e. The minimum Gasteiger partial charge on any atom is -0.341 e. The Kier molecular flexibility index (Phi) is 4.62. The van der Waals surface area contributed by atoms with E-state index < -0.39 is 9.84 Å². The lowest BCUT2D eigenvalue weighted by molar-refractivity contribution is -0.134.